The minimum Gasteiger partial charge on any atom is -0.310 e. The lowest BCUT2D eigenvalue weighted by molar-refractivity contribution is 0.661. The topological polar surface area (TPSA) is 6.48 Å². The molecule has 0 fully saturated rings. The van der Waals surface area contributed by atoms with Gasteiger partial charge in [-0.1, -0.05) is 135 Å². The molecule has 53 heavy (non-hydrogen) atoms. The summed E-state index contributed by atoms with van der Waals surface area (Å²) in [5, 5.41) is 7.45. The van der Waals surface area contributed by atoms with Crippen LogP contribution >= 0.6 is 0 Å². The van der Waals surface area contributed by atoms with Gasteiger partial charge in [-0.2, -0.15) is 0 Å². The van der Waals surface area contributed by atoms with Crippen molar-refractivity contribution in [2.24, 2.45) is 0 Å². The second-order valence-electron chi connectivity index (χ2n) is 14.6. The van der Waals surface area contributed by atoms with E-state index in [-0.39, 0.29) is 5.41 Å². The quantitative estimate of drug-likeness (QED) is 0.162. The van der Waals surface area contributed by atoms with Gasteiger partial charge >= 0.3 is 0 Å². The van der Waals surface area contributed by atoms with Gasteiger partial charge in [0, 0.05) is 39.2 Å². The molecular formula is C51H38N2. The Labute approximate surface area is 310 Å². The monoisotopic (exact) mass is 678 g/mol. The second-order valence-corrected chi connectivity index (χ2v) is 14.6. The fourth-order valence-electron chi connectivity index (χ4n) is 8.58. The van der Waals surface area contributed by atoms with Gasteiger partial charge in [-0.05, 0) is 122 Å². The molecule has 2 nitrogen and oxygen atoms in total. The first kappa shape index (κ1) is 31.1. The Balaban J connectivity index is 1.23. The van der Waals surface area contributed by atoms with Crippen molar-refractivity contribution in [3.8, 4) is 11.1 Å². The van der Waals surface area contributed by atoms with Gasteiger partial charge in [0.15, 0.2) is 0 Å². The number of nitrogens with zero attached hydrogens (tertiary/aromatic N) is 2. The molecule has 0 N–H and O–H groups in total. The number of hydrogen-bond donors (Lipinski definition) is 0. The van der Waals surface area contributed by atoms with Gasteiger partial charge in [-0.3, -0.25) is 0 Å². The highest BCUT2D eigenvalue weighted by Crippen LogP contribution is 2.52. The average Bonchev–Trinajstić information content (AvgIpc) is 3.43. The van der Waals surface area contributed by atoms with Crippen molar-refractivity contribution >= 4 is 66.4 Å². The summed E-state index contributed by atoms with van der Waals surface area (Å²) >= 11 is 0. The van der Waals surface area contributed by atoms with E-state index in [1.54, 1.807) is 0 Å². The van der Waals surface area contributed by atoms with Crippen molar-refractivity contribution in [3.05, 3.63) is 205 Å². The highest BCUT2D eigenvalue weighted by Gasteiger charge is 2.36. The summed E-state index contributed by atoms with van der Waals surface area (Å²) in [5.74, 6) is 0. The molecule has 0 unspecified atom stereocenters. The number of benzene rings is 9. The molecule has 0 aromatic heterocycles. The molecule has 0 amide bonds. The van der Waals surface area contributed by atoms with E-state index in [1.807, 2.05) is 0 Å². The van der Waals surface area contributed by atoms with Gasteiger partial charge in [0.2, 0.25) is 0 Å². The van der Waals surface area contributed by atoms with Crippen LogP contribution in [-0.4, -0.2) is 0 Å². The van der Waals surface area contributed by atoms with Crippen LogP contribution in [0.5, 0.6) is 0 Å². The van der Waals surface area contributed by atoms with E-state index in [4.69, 9.17) is 0 Å². The lowest BCUT2D eigenvalue weighted by Gasteiger charge is -2.31. The third kappa shape index (κ3) is 5.10. The van der Waals surface area contributed by atoms with Crippen LogP contribution in [0.15, 0.2) is 194 Å². The Morgan fingerprint density at radius 3 is 1.68 bits per heavy atom. The summed E-state index contributed by atoms with van der Waals surface area (Å²) in [6, 6.07) is 70.9. The molecule has 2 heteroatoms. The highest BCUT2D eigenvalue weighted by molar-refractivity contribution is 6.16. The van der Waals surface area contributed by atoms with Gasteiger partial charge in [0.25, 0.3) is 0 Å². The molecule has 9 aromatic carbocycles. The first-order chi connectivity index (χ1) is 26.0. The summed E-state index contributed by atoms with van der Waals surface area (Å²) in [6.07, 6.45) is 0. The van der Waals surface area contributed by atoms with Crippen LogP contribution in [0.1, 0.15) is 25.0 Å². The lowest BCUT2D eigenvalue weighted by atomic mass is 9.81. The van der Waals surface area contributed by atoms with E-state index < -0.39 is 0 Å². The molecule has 9 aromatic rings. The molecule has 0 atom stereocenters. The zero-order valence-electron chi connectivity index (χ0n) is 29.9. The molecule has 1 aliphatic carbocycles. The van der Waals surface area contributed by atoms with Crippen molar-refractivity contribution in [1.29, 1.82) is 0 Å². The van der Waals surface area contributed by atoms with Crippen LogP contribution in [0.25, 0.3) is 43.4 Å². The van der Waals surface area contributed by atoms with Crippen molar-refractivity contribution in [1.82, 2.24) is 0 Å². The largest absolute Gasteiger partial charge is 0.310 e. The lowest BCUT2D eigenvalue weighted by Crippen LogP contribution is -2.15. The molecule has 0 spiro atoms. The van der Waals surface area contributed by atoms with Crippen LogP contribution in [0.2, 0.25) is 0 Å². The zero-order chi connectivity index (χ0) is 35.5. The summed E-state index contributed by atoms with van der Waals surface area (Å²) in [5.41, 5.74) is 12.0. The number of hydrogen-bond acceptors (Lipinski definition) is 2. The van der Waals surface area contributed by atoms with Crippen molar-refractivity contribution < 1.29 is 0 Å². The van der Waals surface area contributed by atoms with Crippen molar-refractivity contribution in [2.45, 2.75) is 19.3 Å². The van der Waals surface area contributed by atoms with E-state index in [1.165, 1.54) is 54.6 Å². The molecule has 0 saturated carbocycles. The predicted octanol–water partition coefficient (Wildman–Crippen LogP) is 14.4. The normalized spacial score (nSPS) is 12.9. The Bertz CT molecular complexity index is 2820. The van der Waals surface area contributed by atoms with E-state index in [0.29, 0.717) is 0 Å². The van der Waals surface area contributed by atoms with E-state index >= 15 is 0 Å². The molecule has 1 aliphatic rings. The Kier molecular flexibility index (Phi) is 7.19. The molecule has 0 bridgehead atoms. The van der Waals surface area contributed by atoms with E-state index in [0.717, 1.165) is 34.1 Å². The van der Waals surface area contributed by atoms with Gasteiger partial charge < -0.3 is 9.80 Å². The third-order valence-corrected chi connectivity index (χ3v) is 11.1. The zero-order valence-corrected chi connectivity index (χ0v) is 29.9. The van der Waals surface area contributed by atoms with Gasteiger partial charge in [-0.15, -0.1) is 0 Å². The molecule has 0 radical (unpaired) electrons. The summed E-state index contributed by atoms with van der Waals surface area (Å²) < 4.78 is 0. The van der Waals surface area contributed by atoms with Crippen LogP contribution in [0, 0.1) is 0 Å². The van der Waals surface area contributed by atoms with Crippen molar-refractivity contribution in [3.63, 3.8) is 0 Å². The average molecular weight is 679 g/mol. The molecule has 0 aliphatic heterocycles. The fraction of sp³-hybridized carbons (Fsp3) is 0.0588. The first-order valence-corrected chi connectivity index (χ1v) is 18.4. The maximum Gasteiger partial charge on any atom is 0.0546 e. The van der Waals surface area contributed by atoms with Crippen molar-refractivity contribution in [2.75, 3.05) is 9.80 Å². The third-order valence-electron chi connectivity index (χ3n) is 11.1. The smallest absolute Gasteiger partial charge is 0.0546 e. The minimum absolute atomic E-state index is 0.0890. The summed E-state index contributed by atoms with van der Waals surface area (Å²) in [4.78, 5) is 4.81. The maximum absolute atomic E-state index is 2.48. The SMILES string of the molecule is CC1(C)c2ccccc2-c2cc3c(N(c4ccccc4)c4cccc(N(c5ccccc5)c5ccc6ccccc6c5)c4)cc4ccccc4c3cc21. The Hall–Kier alpha value is -6.64. The Morgan fingerprint density at radius 1 is 0.321 bits per heavy atom. The minimum atomic E-state index is -0.0890. The van der Waals surface area contributed by atoms with Gasteiger partial charge in [0.1, 0.15) is 0 Å². The van der Waals surface area contributed by atoms with Crippen LogP contribution in [-0.2, 0) is 5.41 Å². The Morgan fingerprint density at radius 2 is 0.906 bits per heavy atom. The molecule has 252 valence electrons. The standard InChI is InChI=1S/C51H38N2/c1-51(2)48-27-14-13-26-44(48)46-33-47-45(34-49(46)51)43-25-12-11-18-37(43)31-50(47)53(39-21-7-4-8-22-39)41-24-15-23-40(32-41)52(38-19-5-3-6-20-38)42-29-28-35-16-9-10-17-36(35)30-42/h3-34H,1-2H3. The number of rotatable bonds is 6. The van der Waals surface area contributed by atoms with Crippen LogP contribution < -0.4 is 9.80 Å². The number of anilines is 6. The molecular weight excluding hydrogens is 641 g/mol. The van der Waals surface area contributed by atoms with Gasteiger partial charge in [-0.25, -0.2) is 0 Å². The molecule has 0 saturated heterocycles. The molecule has 0 heterocycles. The fourth-order valence-corrected chi connectivity index (χ4v) is 8.58. The van der Waals surface area contributed by atoms with Gasteiger partial charge in [0.05, 0.1) is 5.69 Å². The van der Waals surface area contributed by atoms with E-state index in [9.17, 15) is 0 Å². The molecule has 10 rings (SSSR count). The predicted molar refractivity (Wildman–Crippen MR) is 226 cm³/mol. The second kappa shape index (κ2) is 12.3. The highest BCUT2D eigenvalue weighted by atomic mass is 15.2. The summed E-state index contributed by atoms with van der Waals surface area (Å²) in [6.45, 7) is 4.73. The number of para-hydroxylation sites is 2. The van der Waals surface area contributed by atoms with E-state index in [2.05, 4.69) is 218 Å². The first-order valence-electron chi connectivity index (χ1n) is 18.4. The van der Waals surface area contributed by atoms with Crippen LogP contribution in [0.4, 0.5) is 34.1 Å². The summed E-state index contributed by atoms with van der Waals surface area (Å²) in [7, 11) is 0. The van der Waals surface area contributed by atoms with Crippen LogP contribution in [0.3, 0.4) is 0 Å². The maximum atomic E-state index is 2.48. The number of fused-ring (bicyclic) bond motifs is 7.